The van der Waals surface area contributed by atoms with Crippen LogP contribution in [0, 0.1) is 0 Å². The molecular weight excluding hydrogens is 222 g/mol. The summed E-state index contributed by atoms with van der Waals surface area (Å²) in [7, 11) is 0. The number of benzene rings is 1. The van der Waals surface area contributed by atoms with Gasteiger partial charge in [-0.1, -0.05) is 38.1 Å². The molecule has 2 rings (SSSR count). The van der Waals surface area contributed by atoms with Crippen molar-refractivity contribution in [3.8, 4) is 0 Å². The van der Waals surface area contributed by atoms with E-state index in [9.17, 15) is 0 Å². The minimum Gasteiger partial charge on any atom is -0.326 e. The SMILES string of the molecule is CCc1cc(CC)n(Cc2ccc(CN)cc2)n1. The van der Waals surface area contributed by atoms with Crippen LogP contribution >= 0.6 is 0 Å². The monoisotopic (exact) mass is 243 g/mol. The maximum absolute atomic E-state index is 5.60. The summed E-state index contributed by atoms with van der Waals surface area (Å²) >= 11 is 0. The summed E-state index contributed by atoms with van der Waals surface area (Å²) in [6.07, 6.45) is 2.01. The van der Waals surface area contributed by atoms with Gasteiger partial charge in [-0.3, -0.25) is 4.68 Å². The van der Waals surface area contributed by atoms with Crippen molar-refractivity contribution in [2.24, 2.45) is 5.73 Å². The number of hydrogen-bond donors (Lipinski definition) is 1. The fourth-order valence-electron chi connectivity index (χ4n) is 2.06. The lowest BCUT2D eigenvalue weighted by Crippen LogP contribution is -2.06. The zero-order valence-corrected chi connectivity index (χ0v) is 11.2. The second-order valence-electron chi connectivity index (χ2n) is 4.51. The smallest absolute Gasteiger partial charge is 0.0662 e. The maximum atomic E-state index is 5.60. The van der Waals surface area contributed by atoms with Gasteiger partial charge in [-0.05, 0) is 30.0 Å². The van der Waals surface area contributed by atoms with Crippen molar-refractivity contribution in [2.45, 2.75) is 39.8 Å². The minimum absolute atomic E-state index is 0.599. The molecule has 2 N–H and O–H groups in total. The summed E-state index contributed by atoms with van der Waals surface area (Å²) in [5.74, 6) is 0. The molecule has 96 valence electrons. The Kier molecular flexibility index (Phi) is 4.15. The third-order valence-corrected chi connectivity index (χ3v) is 3.23. The van der Waals surface area contributed by atoms with Crippen molar-refractivity contribution in [3.63, 3.8) is 0 Å². The summed E-state index contributed by atoms with van der Waals surface area (Å²) in [5.41, 5.74) is 10.5. The Labute approximate surface area is 109 Å². The van der Waals surface area contributed by atoms with Crippen LogP contribution in [-0.2, 0) is 25.9 Å². The second-order valence-corrected chi connectivity index (χ2v) is 4.51. The van der Waals surface area contributed by atoms with E-state index in [1.807, 2.05) is 0 Å². The minimum atomic E-state index is 0.599. The van der Waals surface area contributed by atoms with Crippen molar-refractivity contribution in [2.75, 3.05) is 0 Å². The van der Waals surface area contributed by atoms with Gasteiger partial charge in [-0.2, -0.15) is 5.10 Å². The first-order valence-electron chi connectivity index (χ1n) is 6.60. The molecule has 0 radical (unpaired) electrons. The predicted octanol–water partition coefficient (Wildman–Crippen LogP) is 2.51. The summed E-state index contributed by atoms with van der Waals surface area (Å²) in [4.78, 5) is 0. The Morgan fingerprint density at radius 1 is 1.06 bits per heavy atom. The Balaban J connectivity index is 2.18. The van der Waals surface area contributed by atoms with Crippen LogP contribution in [0.3, 0.4) is 0 Å². The Morgan fingerprint density at radius 2 is 1.72 bits per heavy atom. The lowest BCUT2D eigenvalue weighted by molar-refractivity contribution is 0.640. The first kappa shape index (κ1) is 12.8. The number of aryl methyl sites for hydroxylation is 2. The van der Waals surface area contributed by atoms with Crippen molar-refractivity contribution in [3.05, 3.63) is 52.8 Å². The van der Waals surface area contributed by atoms with E-state index in [2.05, 4.69) is 54.0 Å². The molecule has 2 aromatic rings. The van der Waals surface area contributed by atoms with Gasteiger partial charge in [-0.15, -0.1) is 0 Å². The summed E-state index contributed by atoms with van der Waals surface area (Å²) in [6.45, 7) is 5.75. The normalized spacial score (nSPS) is 10.8. The predicted molar refractivity (Wildman–Crippen MR) is 74.4 cm³/mol. The van der Waals surface area contributed by atoms with E-state index < -0.39 is 0 Å². The summed E-state index contributed by atoms with van der Waals surface area (Å²) < 4.78 is 2.11. The molecule has 0 amide bonds. The second kappa shape index (κ2) is 5.83. The molecule has 0 aliphatic rings. The van der Waals surface area contributed by atoms with Gasteiger partial charge in [-0.25, -0.2) is 0 Å². The van der Waals surface area contributed by atoms with Crippen LogP contribution in [0.2, 0.25) is 0 Å². The quantitative estimate of drug-likeness (QED) is 0.877. The molecule has 0 saturated carbocycles. The van der Waals surface area contributed by atoms with E-state index in [4.69, 9.17) is 5.73 Å². The van der Waals surface area contributed by atoms with E-state index in [1.54, 1.807) is 0 Å². The number of aromatic nitrogens is 2. The van der Waals surface area contributed by atoms with Gasteiger partial charge in [0.25, 0.3) is 0 Å². The van der Waals surface area contributed by atoms with E-state index in [0.717, 1.165) is 19.4 Å². The maximum Gasteiger partial charge on any atom is 0.0662 e. The van der Waals surface area contributed by atoms with Gasteiger partial charge >= 0.3 is 0 Å². The van der Waals surface area contributed by atoms with E-state index in [0.29, 0.717) is 6.54 Å². The molecule has 0 spiro atoms. The van der Waals surface area contributed by atoms with Crippen LogP contribution in [0.25, 0.3) is 0 Å². The van der Waals surface area contributed by atoms with Crippen LogP contribution in [0.5, 0.6) is 0 Å². The molecule has 3 nitrogen and oxygen atoms in total. The number of nitrogens with zero attached hydrogens (tertiary/aromatic N) is 2. The van der Waals surface area contributed by atoms with Gasteiger partial charge in [0.05, 0.1) is 12.2 Å². The molecule has 0 fully saturated rings. The highest BCUT2D eigenvalue weighted by Crippen LogP contribution is 2.11. The molecule has 0 aliphatic heterocycles. The summed E-state index contributed by atoms with van der Waals surface area (Å²) in [5, 5.41) is 4.63. The molecule has 18 heavy (non-hydrogen) atoms. The van der Waals surface area contributed by atoms with Crippen molar-refractivity contribution in [1.29, 1.82) is 0 Å². The highest BCUT2D eigenvalue weighted by Gasteiger charge is 2.05. The van der Waals surface area contributed by atoms with Crippen LogP contribution in [0.15, 0.2) is 30.3 Å². The zero-order valence-electron chi connectivity index (χ0n) is 11.2. The largest absolute Gasteiger partial charge is 0.326 e. The third-order valence-electron chi connectivity index (χ3n) is 3.23. The van der Waals surface area contributed by atoms with E-state index in [-0.39, 0.29) is 0 Å². The average molecular weight is 243 g/mol. The standard InChI is InChI=1S/C15H21N3/c1-3-14-9-15(4-2)18(17-14)11-13-7-5-12(10-16)6-8-13/h5-9H,3-4,10-11,16H2,1-2H3. The first-order chi connectivity index (χ1) is 8.76. The lowest BCUT2D eigenvalue weighted by Gasteiger charge is -2.06. The first-order valence-corrected chi connectivity index (χ1v) is 6.60. The zero-order chi connectivity index (χ0) is 13.0. The van der Waals surface area contributed by atoms with Gasteiger partial charge in [0.15, 0.2) is 0 Å². The van der Waals surface area contributed by atoms with E-state index >= 15 is 0 Å². The number of nitrogens with two attached hydrogens (primary N) is 1. The molecule has 1 aromatic heterocycles. The van der Waals surface area contributed by atoms with Gasteiger partial charge in [0, 0.05) is 12.2 Å². The lowest BCUT2D eigenvalue weighted by atomic mass is 10.1. The fraction of sp³-hybridized carbons (Fsp3) is 0.400. The van der Waals surface area contributed by atoms with Crippen molar-refractivity contribution >= 4 is 0 Å². The van der Waals surface area contributed by atoms with Crippen LogP contribution in [0.1, 0.15) is 36.4 Å². The molecule has 0 saturated heterocycles. The highest BCUT2D eigenvalue weighted by molar-refractivity contribution is 5.23. The van der Waals surface area contributed by atoms with Crippen molar-refractivity contribution < 1.29 is 0 Å². The van der Waals surface area contributed by atoms with Crippen LogP contribution < -0.4 is 5.73 Å². The third kappa shape index (κ3) is 2.79. The number of rotatable bonds is 5. The molecule has 0 atom stereocenters. The Hall–Kier alpha value is -1.61. The molecule has 0 unspecified atom stereocenters. The Bertz CT molecular complexity index is 497. The van der Waals surface area contributed by atoms with Gasteiger partial charge in [0.1, 0.15) is 0 Å². The number of hydrogen-bond acceptors (Lipinski definition) is 2. The Morgan fingerprint density at radius 3 is 2.28 bits per heavy atom. The topological polar surface area (TPSA) is 43.8 Å². The van der Waals surface area contributed by atoms with Crippen molar-refractivity contribution in [1.82, 2.24) is 9.78 Å². The molecule has 1 heterocycles. The molecule has 1 aromatic carbocycles. The van der Waals surface area contributed by atoms with Gasteiger partial charge < -0.3 is 5.73 Å². The summed E-state index contributed by atoms with van der Waals surface area (Å²) in [6, 6.07) is 10.6. The molecule has 0 aliphatic carbocycles. The van der Waals surface area contributed by atoms with Crippen LogP contribution in [-0.4, -0.2) is 9.78 Å². The van der Waals surface area contributed by atoms with E-state index in [1.165, 1.54) is 22.5 Å². The molecule has 3 heteroatoms. The molecule has 0 bridgehead atoms. The average Bonchev–Trinajstić information content (AvgIpc) is 2.82. The molecular formula is C15H21N3. The fourth-order valence-corrected chi connectivity index (χ4v) is 2.06. The highest BCUT2D eigenvalue weighted by atomic mass is 15.3. The van der Waals surface area contributed by atoms with Gasteiger partial charge in [0.2, 0.25) is 0 Å². The van der Waals surface area contributed by atoms with Crippen LogP contribution in [0.4, 0.5) is 0 Å².